The quantitative estimate of drug-likeness (QED) is 0.546. The number of carbonyl (C=O) groups is 2. The Morgan fingerprint density at radius 1 is 1.21 bits per heavy atom. The van der Waals surface area contributed by atoms with Gasteiger partial charge in [0.1, 0.15) is 0 Å². The average Bonchev–Trinajstić information content (AvgIpc) is 2.04. The van der Waals surface area contributed by atoms with Crippen LogP contribution in [0.25, 0.3) is 0 Å². The summed E-state index contributed by atoms with van der Waals surface area (Å²) in [7, 11) is -4.06. The minimum absolute atomic E-state index is 0.0236. The first-order valence-electron chi connectivity index (χ1n) is 3.81. The SMILES string of the molecule is CCOP(=O)(OCC)OC(=O)C(=O)O. The van der Waals surface area contributed by atoms with Gasteiger partial charge < -0.3 is 9.63 Å². The van der Waals surface area contributed by atoms with Crippen molar-refractivity contribution in [2.45, 2.75) is 13.8 Å². The highest BCUT2D eigenvalue weighted by molar-refractivity contribution is 7.49. The lowest BCUT2D eigenvalue weighted by atomic mass is 10.7. The fraction of sp³-hybridized carbons (Fsp3) is 0.667. The lowest BCUT2D eigenvalue weighted by Crippen LogP contribution is -2.16. The van der Waals surface area contributed by atoms with Crippen LogP contribution in [-0.4, -0.2) is 30.3 Å². The topological polar surface area (TPSA) is 99.1 Å². The number of carboxylic acids is 1. The molecule has 0 radical (unpaired) electrons. The molecule has 0 bridgehead atoms. The molecule has 0 rings (SSSR count). The Labute approximate surface area is 80.6 Å². The summed E-state index contributed by atoms with van der Waals surface area (Å²) in [5.74, 6) is -3.53. The number of aliphatic carboxylic acids is 1. The Morgan fingerprint density at radius 2 is 1.64 bits per heavy atom. The zero-order valence-electron chi connectivity index (χ0n) is 7.76. The van der Waals surface area contributed by atoms with Gasteiger partial charge in [0, 0.05) is 0 Å². The van der Waals surface area contributed by atoms with Crippen LogP contribution in [0.1, 0.15) is 13.8 Å². The molecule has 0 aliphatic carbocycles. The fourth-order valence-corrected chi connectivity index (χ4v) is 1.64. The van der Waals surface area contributed by atoms with E-state index in [1.807, 2.05) is 0 Å². The molecule has 7 nitrogen and oxygen atoms in total. The summed E-state index contributed by atoms with van der Waals surface area (Å²) in [5, 5.41) is 8.18. The molecular weight excluding hydrogens is 215 g/mol. The molecule has 1 N–H and O–H groups in total. The molecule has 0 aromatic rings. The van der Waals surface area contributed by atoms with Crippen molar-refractivity contribution in [3.8, 4) is 0 Å². The highest BCUT2D eigenvalue weighted by Crippen LogP contribution is 2.49. The van der Waals surface area contributed by atoms with E-state index in [0.29, 0.717) is 0 Å². The number of phosphoric ester groups is 1. The van der Waals surface area contributed by atoms with Gasteiger partial charge in [-0.3, -0.25) is 9.05 Å². The number of carbonyl (C=O) groups excluding carboxylic acids is 1. The van der Waals surface area contributed by atoms with Crippen molar-refractivity contribution in [2.24, 2.45) is 0 Å². The van der Waals surface area contributed by atoms with E-state index in [1.165, 1.54) is 13.8 Å². The van der Waals surface area contributed by atoms with Crippen LogP contribution in [0.4, 0.5) is 0 Å². The molecule has 0 aromatic heterocycles. The van der Waals surface area contributed by atoms with Crippen molar-refractivity contribution in [2.75, 3.05) is 13.2 Å². The Bertz CT molecular complexity index is 251. The molecule has 82 valence electrons. The van der Waals surface area contributed by atoms with Gasteiger partial charge in [0.2, 0.25) is 0 Å². The van der Waals surface area contributed by atoms with E-state index in [2.05, 4.69) is 13.6 Å². The molecule has 0 spiro atoms. The first-order valence-corrected chi connectivity index (χ1v) is 5.27. The second-order valence-electron chi connectivity index (χ2n) is 1.97. The molecular formula is C6H11O7P. The molecule has 0 atom stereocenters. The van der Waals surface area contributed by atoms with Crippen molar-refractivity contribution in [1.29, 1.82) is 0 Å². The van der Waals surface area contributed by atoms with Gasteiger partial charge in [0.25, 0.3) is 0 Å². The van der Waals surface area contributed by atoms with Gasteiger partial charge in [-0.1, -0.05) is 0 Å². The molecule has 0 fully saturated rings. The molecule has 0 saturated carbocycles. The van der Waals surface area contributed by atoms with Crippen LogP contribution < -0.4 is 0 Å². The third kappa shape index (κ3) is 4.36. The van der Waals surface area contributed by atoms with Crippen molar-refractivity contribution >= 4 is 19.8 Å². The molecule has 0 unspecified atom stereocenters. The van der Waals surface area contributed by atoms with E-state index < -0.39 is 19.8 Å². The molecule has 0 aliphatic rings. The molecule has 0 heterocycles. The Kier molecular flexibility index (Phi) is 5.37. The zero-order chi connectivity index (χ0) is 11.2. The summed E-state index contributed by atoms with van der Waals surface area (Å²) >= 11 is 0. The van der Waals surface area contributed by atoms with E-state index >= 15 is 0 Å². The smallest absolute Gasteiger partial charge is 0.473 e. The third-order valence-corrected chi connectivity index (χ3v) is 2.48. The summed E-state index contributed by atoms with van der Waals surface area (Å²) in [4.78, 5) is 20.6. The van der Waals surface area contributed by atoms with Crippen LogP contribution in [0.2, 0.25) is 0 Å². The van der Waals surface area contributed by atoms with Crippen LogP contribution in [0.15, 0.2) is 0 Å². The molecule has 0 saturated heterocycles. The molecule has 0 aromatic carbocycles. The van der Waals surface area contributed by atoms with Gasteiger partial charge in [-0.25, -0.2) is 14.2 Å². The van der Waals surface area contributed by atoms with Crippen LogP contribution in [0.3, 0.4) is 0 Å². The first kappa shape index (κ1) is 13.1. The van der Waals surface area contributed by atoms with E-state index in [4.69, 9.17) is 5.11 Å². The lowest BCUT2D eigenvalue weighted by molar-refractivity contribution is -0.159. The maximum atomic E-state index is 11.4. The largest absolute Gasteiger partial charge is 0.532 e. The van der Waals surface area contributed by atoms with Gasteiger partial charge in [0.15, 0.2) is 0 Å². The van der Waals surface area contributed by atoms with Gasteiger partial charge in [-0.2, -0.15) is 0 Å². The van der Waals surface area contributed by atoms with Crippen molar-refractivity contribution in [3.05, 3.63) is 0 Å². The highest BCUT2D eigenvalue weighted by Gasteiger charge is 2.32. The van der Waals surface area contributed by atoms with E-state index in [9.17, 15) is 14.2 Å². The molecule has 0 aliphatic heterocycles. The predicted octanol–water partition coefficient (Wildman–Crippen LogP) is 0.795. The highest BCUT2D eigenvalue weighted by atomic mass is 31.2. The number of phosphoric acid groups is 1. The molecule has 14 heavy (non-hydrogen) atoms. The maximum Gasteiger partial charge on any atom is 0.532 e. The maximum absolute atomic E-state index is 11.4. The monoisotopic (exact) mass is 226 g/mol. The van der Waals surface area contributed by atoms with E-state index in [0.717, 1.165) is 0 Å². The van der Waals surface area contributed by atoms with Gasteiger partial charge in [-0.05, 0) is 13.8 Å². The van der Waals surface area contributed by atoms with Gasteiger partial charge >= 0.3 is 19.8 Å². The standard InChI is InChI=1S/C6H11O7P/c1-3-11-14(10,12-4-2)13-6(9)5(7)8/h3-4H2,1-2H3,(H,7,8). The Morgan fingerprint density at radius 3 is 1.93 bits per heavy atom. The normalized spacial score (nSPS) is 11.0. The average molecular weight is 226 g/mol. The molecule has 0 amide bonds. The van der Waals surface area contributed by atoms with Gasteiger partial charge in [-0.15, -0.1) is 0 Å². The number of hydrogen-bond donors (Lipinski definition) is 1. The van der Waals surface area contributed by atoms with E-state index in [-0.39, 0.29) is 13.2 Å². The predicted molar refractivity (Wildman–Crippen MR) is 44.6 cm³/mol. The Balaban J connectivity index is 4.44. The second kappa shape index (κ2) is 5.74. The fourth-order valence-electron chi connectivity index (χ4n) is 0.547. The lowest BCUT2D eigenvalue weighted by Gasteiger charge is -2.14. The van der Waals surface area contributed by atoms with Crippen LogP contribution >= 0.6 is 7.82 Å². The van der Waals surface area contributed by atoms with Crippen molar-refractivity contribution < 1.29 is 32.8 Å². The van der Waals surface area contributed by atoms with Crippen molar-refractivity contribution in [3.63, 3.8) is 0 Å². The van der Waals surface area contributed by atoms with Crippen LogP contribution in [0, 0.1) is 0 Å². The first-order chi connectivity index (χ1) is 6.45. The number of carboxylic acid groups (broad SMARTS) is 1. The van der Waals surface area contributed by atoms with E-state index in [1.54, 1.807) is 0 Å². The summed E-state index contributed by atoms with van der Waals surface area (Å²) in [6.07, 6.45) is 0. The van der Waals surface area contributed by atoms with Gasteiger partial charge in [0.05, 0.1) is 13.2 Å². The van der Waals surface area contributed by atoms with Crippen LogP contribution in [-0.2, 0) is 27.7 Å². The molecule has 8 heteroatoms. The minimum atomic E-state index is -4.06. The zero-order valence-corrected chi connectivity index (χ0v) is 8.65. The third-order valence-electron chi connectivity index (χ3n) is 0.944. The van der Waals surface area contributed by atoms with Crippen molar-refractivity contribution in [1.82, 2.24) is 0 Å². The Hall–Kier alpha value is -0.910. The minimum Gasteiger partial charge on any atom is -0.473 e. The summed E-state index contributed by atoms with van der Waals surface area (Å²) in [6, 6.07) is 0. The second-order valence-corrected chi connectivity index (χ2v) is 3.56. The summed E-state index contributed by atoms with van der Waals surface area (Å²) in [6.45, 7) is 2.95. The van der Waals surface area contributed by atoms with Crippen LogP contribution in [0.5, 0.6) is 0 Å². The summed E-state index contributed by atoms with van der Waals surface area (Å²) in [5.41, 5.74) is 0. The summed E-state index contributed by atoms with van der Waals surface area (Å²) < 4.78 is 24.5. The number of hydrogen-bond acceptors (Lipinski definition) is 6. The number of rotatable bonds is 5.